The van der Waals surface area contributed by atoms with Crippen molar-refractivity contribution in [1.29, 1.82) is 0 Å². The predicted molar refractivity (Wildman–Crippen MR) is 64.6 cm³/mol. The summed E-state index contributed by atoms with van der Waals surface area (Å²) >= 11 is 4.87. The zero-order valence-electron chi connectivity index (χ0n) is 7.73. The van der Waals surface area contributed by atoms with E-state index in [1.54, 1.807) is 6.07 Å². The van der Waals surface area contributed by atoms with E-state index in [0.717, 1.165) is 8.66 Å². The van der Waals surface area contributed by atoms with Crippen LogP contribution in [-0.4, -0.2) is 9.97 Å². The van der Waals surface area contributed by atoms with E-state index >= 15 is 0 Å². The van der Waals surface area contributed by atoms with E-state index in [4.69, 9.17) is 0 Å². The van der Waals surface area contributed by atoms with Gasteiger partial charge in [0.15, 0.2) is 0 Å². The van der Waals surface area contributed by atoms with Gasteiger partial charge in [-0.25, -0.2) is 9.97 Å². The Bertz CT molecular complexity index is 727. The first-order valence-electron chi connectivity index (χ1n) is 4.39. The van der Waals surface area contributed by atoms with Crippen LogP contribution in [0, 0.1) is 0 Å². The first-order chi connectivity index (χ1) is 7.65. The largest absolute Gasteiger partial charge is 0.320 e. The van der Waals surface area contributed by atoms with Gasteiger partial charge in [0.05, 0.1) is 20.1 Å². The van der Waals surface area contributed by atoms with E-state index in [9.17, 15) is 9.59 Å². The third-order valence-electron chi connectivity index (χ3n) is 2.21. The Morgan fingerprint density at radius 1 is 1.12 bits per heavy atom. The highest BCUT2D eigenvalue weighted by Crippen LogP contribution is 2.32. The molecule has 0 atom stereocenters. The second kappa shape index (κ2) is 3.29. The molecule has 0 amide bonds. The van der Waals surface area contributed by atoms with Gasteiger partial charge in [0, 0.05) is 0 Å². The van der Waals surface area contributed by atoms with Crippen molar-refractivity contribution in [2.75, 3.05) is 0 Å². The summed E-state index contributed by atoms with van der Waals surface area (Å²) in [5.41, 5.74) is -0.0994. The molecule has 0 fully saturated rings. The summed E-state index contributed by atoms with van der Waals surface area (Å²) in [4.78, 5) is 31.0. The van der Waals surface area contributed by atoms with Crippen LogP contribution < -0.4 is 11.0 Å². The number of thiophene rings is 1. The van der Waals surface area contributed by atoms with Gasteiger partial charge >= 0.3 is 5.56 Å². The van der Waals surface area contributed by atoms with Gasteiger partial charge in [-0.2, -0.15) is 0 Å². The molecule has 3 heterocycles. The van der Waals surface area contributed by atoms with Crippen LogP contribution in [0.5, 0.6) is 0 Å². The van der Waals surface area contributed by atoms with E-state index in [2.05, 4.69) is 25.9 Å². The Balaban J connectivity index is 2.24. The smallest absolute Gasteiger partial charge is 0.281 e. The molecule has 6 heteroatoms. The van der Waals surface area contributed by atoms with Crippen molar-refractivity contribution in [3.63, 3.8) is 0 Å². The lowest BCUT2D eigenvalue weighted by molar-refractivity contribution is 1.31. The molecule has 0 aromatic carbocycles. The van der Waals surface area contributed by atoms with Gasteiger partial charge < -0.3 is 0 Å². The summed E-state index contributed by atoms with van der Waals surface area (Å²) in [5.74, 6) is 0. The summed E-state index contributed by atoms with van der Waals surface area (Å²) in [7, 11) is 0. The van der Waals surface area contributed by atoms with E-state index in [0.29, 0.717) is 11.4 Å². The second-order valence-electron chi connectivity index (χ2n) is 3.23. The molecule has 1 aromatic heterocycles. The van der Waals surface area contributed by atoms with E-state index < -0.39 is 11.0 Å². The lowest BCUT2D eigenvalue weighted by atomic mass is 10.3. The normalized spacial score (nSPS) is 11.3. The van der Waals surface area contributed by atoms with Crippen molar-refractivity contribution in [1.82, 2.24) is 9.97 Å². The Morgan fingerprint density at radius 2 is 1.94 bits per heavy atom. The minimum Gasteiger partial charge on any atom is -0.281 e. The molecule has 16 heavy (non-hydrogen) atoms. The van der Waals surface area contributed by atoms with Gasteiger partial charge in [-0.1, -0.05) is 0 Å². The molecule has 0 unspecified atom stereocenters. The lowest BCUT2D eigenvalue weighted by Gasteiger charge is -1.85. The fourth-order valence-electron chi connectivity index (χ4n) is 1.50. The first kappa shape index (κ1) is 9.80. The van der Waals surface area contributed by atoms with Gasteiger partial charge in [-0.05, 0) is 34.1 Å². The van der Waals surface area contributed by atoms with Crippen LogP contribution in [0.15, 0.2) is 31.6 Å². The Hall–Kier alpha value is -1.40. The van der Waals surface area contributed by atoms with Gasteiger partial charge in [0.25, 0.3) is 5.43 Å². The highest BCUT2D eigenvalue weighted by Gasteiger charge is 2.20. The van der Waals surface area contributed by atoms with Crippen LogP contribution >= 0.6 is 27.3 Å². The maximum absolute atomic E-state index is 11.3. The monoisotopic (exact) mass is 294 g/mol. The van der Waals surface area contributed by atoms with Crippen molar-refractivity contribution in [2.45, 2.75) is 0 Å². The van der Waals surface area contributed by atoms with Crippen molar-refractivity contribution < 1.29 is 0 Å². The third-order valence-corrected chi connectivity index (χ3v) is 3.85. The first-order valence-corrected chi connectivity index (χ1v) is 6.00. The Kier molecular flexibility index (Phi) is 2.02. The summed E-state index contributed by atoms with van der Waals surface area (Å²) in [6.07, 6.45) is 0. The molecule has 0 radical (unpaired) electrons. The molecule has 4 nitrogen and oxygen atoms in total. The van der Waals surface area contributed by atoms with Gasteiger partial charge in [0.1, 0.15) is 5.69 Å². The average molecular weight is 295 g/mol. The number of nitrogens with zero attached hydrogens (tertiary/aromatic N) is 2. The molecule has 2 aliphatic rings. The van der Waals surface area contributed by atoms with E-state index in [1.165, 1.54) is 11.3 Å². The highest BCUT2D eigenvalue weighted by molar-refractivity contribution is 9.11. The average Bonchev–Trinajstić information content (AvgIpc) is 2.87. The van der Waals surface area contributed by atoms with Crippen LogP contribution in [0.25, 0.3) is 22.0 Å². The highest BCUT2D eigenvalue weighted by atomic mass is 79.9. The standard InChI is InChI=1S/C10H3BrN2O2S/c11-7-2-1-6(16-7)4-3-5-8(12-4)9(14)10(15)13-5/h1-3H. The molecule has 0 saturated carbocycles. The molecular formula is C10H3BrN2O2S. The minimum atomic E-state index is -0.726. The molecular weight excluding hydrogens is 292 g/mol. The van der Waals surface area contributed by atoms with Crippen LogP contribution in [0.4, 0.5) is 0 Å². The van der Waals surface area contributed by atoms with Crippen LogP contribution in [0.3, 0.4) is 0 Å². The molecule has 0 spiro atoms. The number of aromatic nitrogens is 2. The van der Waals surface area contributed by atoms with Gasteiger partial charge in [-0.3, -0.25) is 9.59 Å². The topological polar surface area (TPSA) is 59.9 Å². The Morgan fingerprint density at radius 3 is 2.56 bits per heavy atom. The number of rotatable bonds is 1. The molecule has 0 aliphatic carbocycles. The van der Waals surface area contributed by atoms with Gasteiger partial charge in [-0.15, -0.1) is 11.3 Å². The fraction of sp³-hybridized carbons (Fsp3) is 0. The van der Waals surface area contributed by atoms with E-state index in [-0.39, 0.29) is 5.69 Å². The third kappa shape index (κ3) is 1.34. The predicted octanol–water partition coefficient (Wildman–Crippen LogP) is 1.67. The molecule has 1 aromatic rings. The second-order valence-corrected chi connectivity index (χ2v) is 5.69. The number of fused-ring (bicyclic) bond motifs is 1. The maximum Gasteiger partial charge on any atom is 0.320 e. The van der Waals surface area contributed by atoms with Crippen molar-refractivity contribution >= 4 is 27.3 Å². The van der Waals surface area contributed by atoms with Crippen LogP contribution in [0.1, 0.15) is 0 Å². The molecule has 0 N–H and O–H groups in total. The minimum absolute atomic E-state index is 0.171. The molecule has 78 valence electrons. The number of hydrogen-bond donors (Lipinski definition) is 0. The van der Waals surface area contributed by atoms with Crippen molar-refractivity contribution in [3.05, 3.63) is 42.6 Å². The van der Waals surface area contributed by atoms with E-state index in [1.807, 2.05) is 12.1 Å². The summed E-state index contributed by atoms with van der Waals surface area (Å²) in [6.45, 7) is 0. The quantitative estimate of drug-likeness (QED) is 0.641. The van der Waals surface area contributed by atoms with Crippen molar-refractivity contribution in [2.24, 2.45) is 0 Å². The zero-order valence-corrected chi connectivity index (χ0v) is 10.1. The van der Waals surface area contributed by atoms with Crippen LogP contribution in [0.2, 0.25) is 0 Å². The molecule has 2 aliphatic heterocycles. The SMILES string of the molecule is O=c1nc2cc(-c3ccc(Br)s3)nc-2c1=O. The Labute approximate surface area is 102 Å². The maximum atomic E-state index is 11.3. The molecule has 0 bridgehead atoms. The molecule has 3 rings (SSSR count). The number of hydrogen-bond acceptors (Lipinski definition) is 5. The number of halogens is 1. The molecule has 0 saturated heterocycles. The fourth-order valence-corrected chi connectivity index (χ4v) is 2.85. The summed E-state index contributed by atoms with van der Waals surface area (Å²) in [6, 6.07) is 5.47. The lowest BCUT2D eigenvalue weighted by Crippen LogP contribution is -2.19. The summed E-state index contributed by atoms with van der Waals surface area (Å²) in [5, 5.41) is 0. The van der Waals surface area contributed by atoms with Gasteiger partial charge in [0.2, 0.25) is 0 Å². The van der Waals surface area contributed by atoms with Crippen LogP contribution in [-0.2, 0) is 0 Å². The van der Waals surface area contributed by atoms with Crippen molar-refractivity contribution in [3.8, 4) is 22.0 Å². The summed E-state index contributed by atoms with van der Waals surface area (Å²) < 4.78 is 0.991. The zero-order chi connectivity index (χ0) is 11.3.